The lowest BCUT2D eigenvalue weighted by atomic mass is 9.95. The maximum absolute atomic E-state index is 13.9. The summed E-state index contributed by atoms with van der Waals surface area (Å²) < 4.78 is 0. The molecule has 2 rings (SSSR count). The molecule has 3 amide bonds. The van der Waals surface area contributed by atoms with Gasteiger partial charge in [0.05, 0.1) is 24.6 Å². The van der Waals surface area contributed by atoms with Gasteiger partial charge in [0, 0.05) is 31.8 Å². The highest BCUT2D eigenvalue weighted by atomic mass is 16.2. The molecule has 226 valence electrons. The fraction of sp³-hybridized carbons (Fsp3) is 0.636. The van der Waals surface area contributed by atoms with Crippen LogP contribution in [0.1, 0.15) is 79.7 Å². The Kier molecular flexibility index (Phi) is 13.5. The number of nitrogens with zero attached hydrogens (tertiary/aromatic N) is 4. The Morgan fingerprint density at radius 1 is 1.07 bits per heavy atom. The summed E-state index contributed by atoms with van der Waals surface area (Å²) in [6, 6.07) is 10.9. The van der Waals surface area contributed by atoms with Crippen LogP contribution in [0.3, 0.4) is 0 Å². The molecule has 41 heavy (non-hydrogen) atoms. The minimum atomic E-state index is -0.667. The Hall–Kier alpha value is -3.18. The lowest BCUT2D eigenvalue weighted by molar-refractivity contribution is -0.140. The van der Waals surface area contributed by atoms with Crippen LogP contribution in [0.15, 0.2) is 42.0 Å². The summed E-state index contributed by atoms with van der Waals surface area (Å²) in [6.45, 7) is 15.5. The summed E-state index contributed by atoms with van der Waals surface area (Å²) in [6.07, 6.45) is 4.98. The van der Waals surface area contributed by atoms with Gasteiger partial charge in [-0.15, -0.1) is 0 Å². The molecular weight excluding hydrogens is 514 g/mol. The van der Waals surface area contributed by atoms with E-state index in [2.05, 4.69) is 30.1 Å². The van der Waals surface area contributed by atoms with E-state index >= 15 is 0 Å². The van der Waals surface area contributed by atoms with E-state index in [-0.39, 0.29) is 54.1 Å². The highest BCUT2D eigenvalue weighted by molar-refractivity contribution is 5.93. The van der Waals surface area contributed by atoms with E-state index in [1.54, 1.807) is 23.8 Å². The number of nitrogens with one attached hydrogen (secondary N) is 1. The molecule has 1 aromatic carbocycles. The molecule has 0 spiro atoms. The number of rotatable bonds is 13. The molecule has 1 aromatic rings. The summed E-state index contributed by atoms with van der Waals surface area (Å²) in [5.74, 6) is -0.476. The quantitative estimate of drug-likeness (QED) is 0.348. The van der Waals surface area contributed by atoms with E-state index in [1.165, 1.54) is 0 Å². The fourth-order valence-corrected chi connectivity index (χ4v) is 5.55. The Morgan fingerprint density at radius 3 is 2.29 bits per heavy atom. The van der Waals surface area contributed by atoms with Crippen LogP contribution in [0.5, 0.6) is 0 Å². The van der Waals surface area contributed by atoms with Gasteiger partial charge in [-0.25, -0.2) is 0 Å². The van der Waals surface area contributed by atoms with Crippen molar-refractivity contribution in [2.45, 2.75) is 105 Å². The van der Waals surface area contributed by atoms with E-state index in [4.69, 9.17) is 5.26 Å². The van der Waals surface area contributed by atoms with Crippen molar-refractivity contribution in [3.8, 4) is 6.07 Å². The molecule has 0 aromatic heterocycles. The molecular formula is C33H51N5O3. The molecule has 1 fully saturated rings. The second kappa shape index (κ2) is 16.3. The Bertz CT molecular complexity index is 1080. The predicted molar refractivity (Wildman–Crippen MR) is 163 cm³/mol. The Morgan fingerprint density at radius 2 is 1.73 bits per heavy atom. The van der Waals surface area contributed by atoms with Crippen molar-refractivity contribution < 1.29 is 14.4 Å². The predicted octanol–water partition coefficient (Wildman–Crippen LogP) is 4.76. The second-order valence-corrected chi connectivity index (χ2v) is 12.2. The number of hydrogen-bond acceptors (Lipinski definition) is 5. The fourth-order valence-electron chi connectivity index (χ4n) is 5.55. The van der Waals surface area contributed by atoms with Gasteiger partial charge < -0.3 is 15.1 Å². The highest BCUT2D eigenvalue weighted by Gasteiger charge is 2.36. The first-order chi connectivity index (χ1) is 19.4. The zero-order chi connectivity index (χ0) is 30.7. The second-order valence-electron chi connectivity index (χ2n) is 12.2. The number of piperidine rings is 1. The number of nitriles is 1. The van der Waals surface area contributed by atoms with Crippen molar-refractivity contribution >= 4 is 17.7 Å². The number of likely N-dealkylation sites (N-methyl/N-ethyl adjacent to an activating group) is 1. The average molecular weight is 566 g/mol. The molecule has 8 nitrogen and oxygen atoms in total. The van der Waals surface area contributed by atoms with Crippen molar-refractivity contribution in [1.29, 1.82) is 5.26 Å². The zero-order valence-electron chi connectivity index (χ0n) is 26.4. The first-order valence-electron chi connectivity index (χ1n) is 15.1. The molecule has 0 radical (unpaired) electrons. The number of benzene rings is 1. The van der Waals surface area contributed by atoms with Gasteiger partial charge in [0.2, 0.25) is 17.7 Å². The maximum atomic E-state index is 13.9. The molecule has 0 unspecified atom stereocenters. The van der Waals surface area contributed by atoms with Crippen LogP contribution in [-0.4, -0.2) is 76.7 Å². The standard InChI is InChI=1S/C33H51N5O3/c1-23(2)29(21-26(7)32(40)37(19-14-18-34)22-27-15-10-9-11-16-27)36(8)33(41)30(24(3)4)35-31(39)28-17-12-13-20-38(28)25(5)6/h9-11,15-16,21,23-25,28-30H,12-14,17,19-20,22H2,1-8H3,(H,35,39)/b26-21+/t28-,29-,30+/m1/s1. The summed E-state index contributed by atoms with van der Waals surface area (Å²) in [7, 11) is 1.75. The third kappa shape index (κ3) is 9.71. The third-order valence-electron chi connectivity index (χ3n) is 7.97. The van der Waals surface area contributed by atoms with Crippen molar-refractivity contribution in [3.63, 3.8) is 0 Å². The minimum absolute atomic E-state index is 0.0340. The topological polar surface area (TPSA) is 96.8 Å². The molecule has 1 heterocycles. The Labute approximate surface area is 247 Å². The number of amides is 3. The number of carbonyl (C=O) groups is 3. The first-order valence-corrected chi connectivity index (χ1v) is 15.1. The molecule has 0 aliphatic carbocycles. The smallest absolute Gasteiger partial charge is 0.249 e. The molecule has 0 bridgehead atoms. The normalized spacial score (nSPS) is 17.7. The maximum Gasteiger partial charge on any atom is 0.249 e. The van der Waals surface area contributed by atoms with E-state index < -0.39 is 6.04 Å². The highest BCUT2D eigenvalue weighted by Crippen LogP contribution is 2.22. The summed E-state index contributed by atoms with van der Waals surface area (Å²) >= 11 is 0. The monoisotopic (exact) mass is 565 g/mol. The van der Waals surface area contributed by atoms with E-state index in [0.29, 0.717) is 18.7 Å². The van der Waals surface area contributed by atoms with Gasteiger partial charge >= 0.3 is 0 Å². The van der Waals surface area contributed by atoms with Crippen LogP contribution in [-0.2, 0) is 20.9 Å². The van der Waals surface area contributed by atoms with E-state index in [9.17, 15) is 14.4 Å². The molecule has 1 saturated heterocycles. The van der Waals surface area contributed by atoms with Crippen molar-refractivity contribution in [2.24, 2.45) is 11.8 Å². The summed E-state index contributed by atoms with van der Waals surface area (Å²) in [5.41, 5.74) is 1.51. The SMILES string of the molecule is C/C(=C\[C@H](C(C)C)N(C)C(=O)[C@@H](NC(=O)[C@H]1CCCCN1C(C)C)C(C)C)C(=O)N(CCC#N)Cc1ccccc1. The van der Waals surface area contributed by atoms with Crippen molar-refractivity contribution in [1.82, 2.24) is 20.0 Å². The Balaban J connectivity index is 2.25. The van der Waals surface area contributed by atoms with E-state index in [1.807, 2.05) is 64.1 Å². The van der Waals surface area contributed by atoms with Gasteiger partial charge in [0.1, 0.15) is 6.04 Å². The lowest BCUT2D eigenvalue weighted by Crippen LogP contribution is -2.58. The van der Waals surface area contributed by atoms with Crippen LogP contribution in [0.4, 0.5) is 0 Å². The zero-order valence-corrected chi connectivity index (χ0v) is 26.4. The van der Waals surface area contributed by atoms with Gasteiger partial charge in [0.15, 0.2) is 0 Å². The van der Waals surface area contributed by atoms with Crippen molar-refractivity contribution in [2.75, 3.05) is 20.1 Å². The van der Waals surface area contributed by atoms with Crippen LogP contribution >= 0.6 is 0 Å². The first kappa shape index (κ1) is 34.0. The number of hydrogen-bond donors (Lipinski definition) is 1. The van der Waals surface area contributed by atoms with Crippen LogP contribution in [0.2, 0.25) is 0 Å². The molecule has 1 aliphatic rings. The van der Waals surface area contributed by atoms with Crippen molar-refractivity contribution in [3.05, 3.63) is 47.5 Å². The molecule has 1 N–H and O–H groups in total. The molecule has 0 saturated carbocycles. The summed E-state index contributed by atoms with van der Waals surface area (Å²) in [4.78, 5) is 46.4. The average Bonchev–Trinajstić information content (AvgIpc) is 2.95. The largest absolute Gasteiger partial charge is 0.343 e. The summed E-state index contributed by atoms with van der Waals surface area (Å²) in [5, 5.41) is 12.3. The van der Waals surface area contributed by atoms with Crippen LogP contribution in [0.25, 0.3) is 0 Å². The van der Waals surface area contributed by atoms with Crippen LogP contribution < -0.4 is 5.32 Å². The molecule has 1 aliphatic heterocycles. The van der Waals surface area contributed by atoms with Gasteiger partial charge in [-0.05, 0) is 57.6 Å². The molecule has 3 atom stereocenters. The van der Waals surface area contributed by atoms with Gasteiger partial charge in [-0.2, -0.15) is 5.26 Å². The van der Waals surface area contributed by atoms with Gasteiger partial charge in [-0.1, -0.05) is 70.5 Å². The molecule has 8 heteroatoms. The van der Waals surface area contributed by atoms with Gasteiger partial charge in [-0.3, -0.25) is 19.3 Å². The van der Waals surface area contributed by atoms with E-state index in [0.717, 1.165) is 31.4 Å². The number of carbonyl (C=O) groups excluding carboxylic acids is 3. The lowest BCUT2D eigenvalue weighted by Gasteiger charge is -2.39. The third-order valence-corrected chi connectivity index (χ3v) is 7.97. The van der Waals surface area contributed by atoms with Gasteiger partial charge in [0.25, 0.3) is 0 Å². The minimum Gasteiger partial charge on any atom is -0.343 e. The number of likely N-dealkylation sites (tertiary alicyclic amines) is 1. The van der Waals surface area contributed by atoms with Crippen LogP contribution in [0, 0.1) is 23.2 Å².